The first-order valence-electron chi connectivity index (χ1n) is 10.5. The molecule has 2 amide bonds. The first kappa shape index (κ1) is 22.0. The van der Waals surface area contributed by atoms with E-state index in [1.807, 2.05) is 26.0 Å². The molecule has 0 spiro atoms. The number of benzene rings is 1. The predicted molar refractivity (Wildman–Crippen MR) is 122 cm³/mol. The molecule has 2 aliphatic rings. The van der Waals surface area contributed by atoms with Gasteiger partial charge in [0.2, 0.25) is 11.8 Å². The number of hydrogen-bond acceptors (Lipinski definition) is 5. The number of carbonyl (C=O) groups excluding carboxylic acids is 2. The number of hydrogen-bond donors (Lipinski definition) is 2. The number of sulfonamides is 1. The number of aryl methyl sites for hydroxylation is 2. The van der Waals surface area contributed by atoms with Crippen molar-refractivity contribution in [3.05, 3.63) is 40.8 Å². The quantitative estimate of drug-likeness (QED) is 0.685. The summed E-state index contributed by atoms with van der Waals surface area (Å²) in [7, 11) is -3.59. The van der Waals surface area contributed by atoms with Crippen LogP contribution >= 0.6 is 11.3 Å². The number of thiophene rings is 1. The number of amides is 2. The minimum Gasteiger partial charge on any atom is -0.326 e. The molecule has 0 radical (unpaired) electrons. The van der Waals surface area contributed by atoms with E-state index in [0.717, 1.165) is 23.3 Å². The van der Waals surface area contributed by atoms with Crippen molar-refractivity contribution in [2.24, 2.45) is 11.8 Å². The molecule has 1 aliphatic heterocycles. The minimum absolute atomic E-state index is 0.0121. The summed E-state index contributed by atoms with van der Waals surface area (Å²) in [5.41, 5.74) is 2.17. The Balaban J connectivity index is 1.44. The first-order chi connectivity index (χ1) is 14.7. The first-order valence-corrected chi connectivity index (χ1v) is 12.8. The molecule has 1 atom stereocenters. The average molecular weight is 462 g/mol. The number of piperidine rings is 1. The van der Waals surface area contributed by atoms with Crippen LogP contribution in [0, 0.1) is 25.7 Å². The molecule has 1 saturated carbocycles. The van der Waals surface area contributed by atoms with Gasteiger partial charge in [0.1, 0.15) is 4.21 Å². The van der Waals surface area contributed by atoms with Crippen LogP contribution in [0.3, 0.4) is 0 Å². The van der Waals surface area contributed by atoms with Crippen LogP contribution in [0.5, 0.6) is 0 Å². The van der Waals surface area contributed by atoms with Crippen LogP contribution in [-0.4, -0.2) is 37.6 Å². The summed E-state index contributed by atoms with van der Waals surface area (Å²) in [6.45, 7) is 4.35. The van der Waals surface area contributed by atoms with Crippen molar-refractivity contribution < 1.29 is 18.0 Å². The highest BCUT2D eigenvalue weighted by atomic mass is 32.2. The van der Waals surface area contributed by atoms with E-state index in [-0.39, 0.29) is 24.3 Å². The summed E-state index contributed by atoms with van der Waals surface area (Å²) in [6, 6.07) is 8.87. The third-order valence-corrected chi connectivity index (χ3v) is 9.11. The van der Waals surface area contributed by atoms with Gasteiger partial charge in [-0.2, -0.15) is 4.31 Å². The molecule has 7 nitrogen and oxygen atoms in total. The topological polar surface area (TPSA) is 95.6 Å². The number of rotatable bonds is 6. The van der Waals surface area contributed by atoms with Gasteiger partial charge in [-0.3, -0.25) is 9.59 Å². The van der Waals surface area contributed by atoms with Gasteiger partial charge in [-0.05, 0) is 69.4 Å². The van der Waals surface area contributed by atoms with Crippen molar-refractivity contribution >= 4 is 44.5 Å². The van der Waals surface area contributed by atoms with Crippen LogP contribution in [0.15, 0.2) is 34.5 Å². The molecule has 0 bridgehead atoms. The summed E-state index contributed by atoms with van der Waals surface area (Å²) in [5, 5.41) is 5.84. The summed E-state index contributed by atoms with van der Waals surface area (Å²) < 4.78 is 27.6. The van der Waals surface area contributed by atoms with Gasteiger partial charge in [-0.15, -0.1) is 11.3 Å². The van der Waals surface area contributed by atoms with E-state index in [0.29, 0.717) is 35.0 Å². The van der Waals surface area contributed by atoms with Crippen molar-refractivity contribution in [2.45, 2.75) is 43.7 Å². The number of nitrogens with zero attached hydrogens (tertiary/aromatic N) is 1. The molecule has 9 heteroatoms. The van der Waals surface area contributed by atoms with Crippen molar-refractivity contribution in [2.75, 3.05) is 23.7 Å². The van der Waals surface area contributed by atoms with E-state index in [1.165, 1.54) is 15.6 Å². The molecular weight excluding hydrogens is 434 g/mol. The van der Waals surface area contributed by atoms with Crippen LogP contribution < -0.4 is 10.6 Å². The highest BCUT2D eigenvalue weighted by molar-refractivity contribution is 7.91. The Morgan fingerprint density at radius 2 is 1.74 bits per heavy atom. The summed E-state index contributed by atoms with van der Waals surface area (Å²) >= 11 is 1.25. The van der Waals surface area contributed by atoms with Crippen molar-refractivity contribution in [3.8, 4) is 0 Å². The third-order valence-electron chi connectivity index (χ3n) is 5.78. The molecule has 166 valence electrons. The second-order valence-corrected chi connectivity index (χ2v) is 11.8. The van der Waals surface area contributed by atoms with Gasteiger partial charge < -0.3 is 10.6 Å². The lowest BCUT2D eigenvalue weighted by molar-refractivity contribution is -0.121. The fourth-order valence-electron chi connectivity index (χ4n) is 3.71. The summed E-state index contributed by atoms with van der Waals surface area (Å²) in [5.74, 6) is -0.510. The maximum atomic E-state index is 13.0. The van der Waals surface area contributed by atoms with Crippen LogP contribution in [-0.2, 0) is 19.6 Å². The minimum atomic E-state index is -3.59. The van der Waals surface area contributed by atoms with Crippen LogP contribution in [0.25, 0.3) is 0 Å². The van der Waals surface area contributed by atoms with Crippen LogP contribution in [0.2, 0.25) is 0 Å². The zero-order chi connectivity index (χ0) is 22.2. The van der Waals surface area contributed by atoms with Gasteiger partial charge in [-0.1, -0.05) is 6.07 Å². The molecule has 2 fully saturated rings. The predicted octanol–water partition coefficient (Wildman–Crippen LogP) is 3.75. The molecule has 4 rings (SSSR count). The average Bonchev–Trinajstić information content (AvgIpc) is 3.51. The molecule has 1 saturated heterocycles. The third kappa shape index (κ3) is 4.99. The van der Waals surface area contributed by atoms with Gasteiger partial charge in [0.05, 0.1) is 5.92 Å². The molecule has 1 aliphatic carbocycles. The Morgan fingerprint density at radius 3 is 2.42 bits per heavy atom. The maximum absolute atomic E-state index is 13.0. The van der Waals surface area contributed by atoms with Gasteiger partial charge >= 0.3 is 0 Å². The van der Waals surface area contributed by atoms with E-state index >= 15 is 0 Å². The largest absolute Gasteiger partial charge is 0.326 e. The van der Waals surface area contributed by atoms with E-state index < -0.39 is 15.9 Å². The van der Waals surface area contributed by atoms with Gasteiger partial charge in [0, 0.05) is 35.3 Å². The molecule has 1 aromatic carbocycles. The van der Waals surface area contributed by atoms with E-state index in [4.69, 9.17) is 0 Å². The fourth-order valence-corrected chi connectivity index (χ4v) is 6.67. The van der Waals surface area contributed by atoms with Crippen LogP contribution in [0.4, 0.5) is 11.4 Å². The molecule has 1 unspecified atom stereocenters. The summed E-state index contributed by atoms with van der Waals surface area (Å²) in [6.07, 6.45) is 3.12. The Bertz CT molecular complexity index is 1110. The number of carbonyl (C=O) groups is 2. The van der Waals surface area contributed by atoms with E-state index in [9.17, 15) is 18.0 Å². The second kappa shape index (κ2) is 8.72. The Kier molecular flexibility index (Phi) is 6.18. The number of anilines is 2. The molecule has 2 heterocycles. The summed E-state index contributed by atoms with van der Waals surface area (Å²) in [4.78, 5) is 25.9. The van der Waals surface area contributed by atoms with Gasteiger partial charge in [0.25, 0.3) is 10.0 Å². The SMILES string of the molecule is Cc1ccc(S(=O)(=O)N2CCCC(C(=O)Nc3cc(NC(=O)C4CC4)ccc3C)C2)s1. The Labute approximate surface area is 186 Å². The van der Waals surface area contributed by atoms with E-state index in [2.05, 4.69) is 10.6 Å². The molecule has 2 N–H and O–H groups in total. The molecule has 2 aromatic rings. The Hall–Kier alpha value is -2.23. The molecule has 1 aromatic heterocycles. The van der Waals surface area contributed by atoms with Crippen molar-refractivity contribution in [1.29, 1.82) is 0 Å². The lowest BCUT2D eigenvalue weighted by Crippen LogP contribution is -2.43. The standard InChI is InChI=1S/C22H27N3O4S2/c1-14-5-9-18(23-21(26)16-7-8-16)12-19(14)24-22(27)17-4-3-11-25(13-17)31(28,29)20-10-6-15(2)30-20/h5-6,9-10,12,16-17H,3-4,7-8,11,13H2,1-2H3,(H,23,26)(H,24,27). The normalized spacial score (nSPS) is 19.7. The highest BCUT2D eigenvalue weighted by Crippen LogP contribution is 2.32. The fraction of sp³-hybridized carbons (Fsp3) is 0.455. The smallest absolute Gasteiger partial charge is 0.252 e. The Morgan fingerprint density at radius 1 is 1.00 bits per heavy atom. The molecular formula is C22H27N3O4S2. The second-order valence-electron chi connectivity index (χ2n) is 8.35. The zero-order valence-corrected chi connectivity index (χ0v) is 19.3. The number of nitrogens with one attached hydrogen (secondary N) is 2. The van der Waals surface area contributed by atoms with Gasteiger partial charge in [0.15, 0.2) is 0 Å². The lowest BCUT2D eigenvalue weighted by atomic mass is 9.98. The zero-order valence-electron chi connectivity index (χ0n) is 17.7. The van der Waals surface area contributed by atoms with Gasteiger partial charge in [-0.25, -0.2) is 8.42 Å². The lowest BCUT2D eigenvalue weighted by Gasteiger charge is -2.31. The molecule has 31 heavy (non-hydrogen) atoms. The maximum Gasteiger partial charge on any atom is 0.252 e. The van der Waals surface area contributed by atoms with Crippen LogP contribution in [0.1, 0.15) is 36.1 Å². The van der Waals surface area contributed by atoms with Crippen molar-refractivity contribution in [1.82, 2.24) is 4.31 Å². The van der Waals surface area contributed by atoms with Crippen molar-refractivity contribution in [3.63, 3.8) is 0 Å². The van der Waals surface area contributed by atoms with E-state index in [1.54, 1.807) is 18.2 Å². The highest BCUT2D eigenvalue weighted by Gasteiger charge is 2.34. The monoisotopic (exact) mass is 461 g/mol.